The van der Waals surface area contributed by atoms with Crippen molar-refractivity contribution in [3.8, 4) is 0 Å². The normalized spacial score (nSPS) is 21.9. The van der Waals surface area contributed by atoms with E-state index in [4.69, 9.17) is 0 Å². The van der Waals surface area contributed by atoms with Crippen LogP contribution in [-0.2, 0) is 0 Å². The lowest BCUT2D eigenvalue weighted by Crippen LogP contribution is -2.41. The second kappa shape index (κ2) is 9.51. The molecule has 0 saturated carbocycles. The maximum absolute atomic E-state index is 3.84. The van der Waals surface area contributed by atoms with E-state index in [-0.39, 0.29) is 0 Å². The van der Waals surface area contributed by atoms with Crippen molar-refractivity contribution in [2.24, 2.45) is 0 Å². The Kier molecular flexibility index (Phi) is 7.93. The summed E-state index contributed by atoms with van der Waals surface area (Å²) >= 11 is 0. The molecule has 20 heavy (non-hydrogen) atoms. The summed E-state index contributed by atoms with van der Waals surface area (Å²) in [7, 11) is 0. The summed E-state index contributed by atoms with van der Waals surface area (Å²) in [4.78, 5) is 4.80. The van der Waals surface area contributed by atoms with Gasteiger partial charge in [-0.2, -0.15) is 0 Å². The summed E-state index contributed by atoms with van der Waals surface area (Å²) in [5.74, 6) is 0. The highest BCUT2D eigenvalue weighted by Gasteiger charge is 2.22. The predicted molar refractivity (Wildman–Crippen MR) is 89.9 cm³/mol. The van der Waals surface area contributed by atoms with Crippen molar-refractivity contribution in [3.05, 3.63) is 62.8 Å². The van der Waals surface area contributed by atoms with Gasteiger partial charge in [-0.05, 0) is 12.8 Å². The van der Waals surface area contributed by atoms with E-state index in [1.165, 1.54) is 12.8 Å². The first-order valence-electron chi connectivity index (χ1n) is 7.36. The van der Waals surface area contributed by atoms with Crippen LogP contribution < -0.4 is 0 Å². The summed E-state index contributed by atoms with van der Waals surface area (Å²) in [6, 6.07) is 0.994. The van der Waals surface area contributed by atoms with Gasteiger partial charge >= 0.3 is 0 Å². The third kappa shape index (κ3) is 4.95. The molecule has 0 saturated heterocycles. The Morgan fingerprint density at radius 3 is 1.20 bits per heavy atom. The van der Waals surface area contributed by atoms with E-state index in [1.54, 1.807) is 0 Å². The Hall–Kier alpha value is -1.38. The molecule has 0 aromatic heterocycles. The van der Waals surface area contributed by atoms with Crippen molar-refractivity contribution in [1.29, 1.82) is 0 Å². The molecule has 2 atom stereocenters. The number of hydrogen-bond acceptors (Lipinski definition) is 2. The van der Waals surface area contributed by atoms with E-state index in [2.05, 4.69) is 48.3 Å². The molecule has 0 aromatic carbocycles. The average Bonchev–Trinajstić information content (AvgIpc) is 2.47. The Morgan fingerprint density at radius 2 is 1.00 bits per heavy atom. The Labute approximate surface area is 124 Å². The number of rotatable bonds is 10. The molecule has 1 rings (SSSR count). The third-order valence-electron chi connectivity index (χ3n) is 3.71. The standard InChI is InChI=1S/C18H28N2/c1-5-13-19(14-6-2)17-9-11-18(12-10-17)20(15-7-3)16-8-4/h5-9,11,17-18H,1-4,10,12-16H2/t17-,18-/m0/s1. The zero-order valence-electron chi connectivity index (χ0n) is 12.6. The van der Waals surface area contributed by atoms with Crippen molar-refractivity contribution >= 4 is 0 Å². The topological polar surface area (TPSA) is 6.48 Å². The van der Waals surface area contributed by atoms with Crippen molar-refractivity contribution in [1.82, 2.24) is 9.80 Å². The van der Waals surface area contributed by atoms with E-state index < -0.39 is 0 Å². The van der Waals surface area contributed by atoms with Crippen molar-refractivity contribution in [3.63, 3.8) is 0 Å². The first-order chi connectivity index (χ1) is 9.76. The quantitative estimate of drug-likeness (QED) is 0.562. The van der Waals surface area contributed by atoms with Gasteiger partial charge in [0.25, 0.3) is 0 Å². The molecule has 0 fully saturated rings. The Bertz CT molecular complexity index is 302. The van der Waals surface area contributed by atoms with E-state index in [0.29, 0.717) is 12.1 Å². The van der Waals surface area contributed by atoms with Gasteiger partial charge in [0.05, 0.1) is 0 Å². The van der Waals surface area contributed by atoms with Gasteiger partial charge in [-0.15, -0.1) is 26.3 Å². The highest BCUT2D eigenvalue weighted by Crippen LogP contribution is 2.21. The molecule has 0 bridgehead atoms. The molecule has 1 aliphatic carbocycles. The second-order valence-electron chi connectivity index (χ2n) is 5.16. The van der Waals surface area contributed by atoms with Gasteiger partial charge in [0.2, 0.25) is 0 Å². The van der Waals surface area contributed by atoms with Crippen molar-refractivity contribution in [2.75, 3.05) is 26.2 Å². The highest BCUT2D eigenvalue weighted by molar-refractivity contribution is 5.08. The minimum absolute atomic E-state index is 0.497. The van der Waals surface area contributed by atoms with Crippen molar-refractivity contribution in [2.45, 2.75) is 24.9 Å². The SMILES string of the molecule is C=CCN(CC=C)[C@H]1C=C[C@H](N(CC=C)CC=C)CC1. The first-order valence-corrected chi connectivity index (χ1v) is 7.36. The molecule has 0 amide bonds. The van der Waals surface area contributed by atoms with Crippen LogP contribution in [0, 0.1) is 0 Å². The maximum Gasteiger partial charge on any atom is 0.0286 e. The summed E-state index contributed by atoms with van der Waals surface area (Å²) in [5, 5.41) is 0. The predicted octanol–water partition coefficient (Wildman–Crippen LogP) is 3.42. The van der Waals surface area contributed by atoms with Crippen LogP contribution in [0.3, 0.4) is 0 Å². The molecule has 1 aliphatic rings. The van der Waals surface area contributed by atoms with E-state index in [0.717, 1.165) is 26.2 Å². The molecule has 2 nitrogen and oxygen atoms in total. The molecule has 2 heteroatoms. The van der Waals surface area contributed by atoms with Crippen LogP contribution in [-0.4, -0.2) is 48.1 Å². The lowest BCUT2D eigenvalue weighted by molar-refractivity contribution is 0.210. The van der Waals surface area contributed by atoms with Gasteiger partial charge in [0.1, 0.15) is 0 Å². The van der Waals surface area contributed by atoms with Crippen molar-refractivity contribution < 1.29 is 0 Å². The van der Waals surface area contributed by atoms with Crippen LogP contribution in [0.5, 0.6) is 0 Å². The van der Waals surface area contributed by atoms with E-state index in [1.807, 2.05) is 24.3 Å². The van der Waals surface area contributed by atoms with Gasteiger partial charge in [-0.25, -0.2) is 0 Å². The third-order valence-corrected chi connectivity index (χ3v) is 3.71. The van der Waals surface area contributed by atoms with Crippen LogP contribution in [0.15, 0.2) is 62.8 Å². The average molecular weight is 272 g/mol. The fraction of sp³-hybridized carbons (Fsp3) is 0.444. The lowest BCUT2D eigenvalue weighted by Gasteiger charge is -2.35. The zero-order valence-corrected chi connectivity index (χ0v) is 12.6. The monoisotopic (exact) mass is 272 g/mol. The lowest BCUT2D eigenvalue weighted by atomic mass is 9.96. The molecular formula is C18H28N2. The fourth-order valence-electron chi connectivity index (χ4n) is 2.75. The summed E-state index contributed by atoms with van der Waals surface area (Å²) in [6.45, 7) is 19.0. The van der Waals surface area contributed by atoms with Crippen LogP contribution in [0.1, 0.15) is 12.8 Å². The number of nitrogens with zero attached hydrogens (tertiary/aromatic N) is 2. The molecule has 0 N–H and O–H groups in total. The van der Waals surface area contributed by atoms with Crippen LogP contribution >= 0.6 is 0 Å². The number of hydrogen-bond donors (Lipinski definition) is 0. The first kappa shape index (κ1) is 16.7. The van der Waals surface area contributed by atoms with Gasteiger partial charge < -0.3 is 0 Å². The van der Waals surface area contributed by atoms with Crippen LogP contribution in [0.25, 0.3) is 0 Å². The highest BCUT2D eigenvalue weighted by atomic mass is 15.2. The molecule has 0 spiro atoms. The van der Waals surface area contributed by atoms with Crippen LogP contribution in [0.2, 0.25) is 0 Å². The maximum atomic E-state index is 3.84. The van der Waals surface area contributed by atoms with Gasteiger partial charge in [0.15, 0.2) is 0 Å². The molecular weight excluding hydrogens is 244 g/mol. The van der Waals surface area contributed by atoms with Gasteiger partial charge in [-0.3, -0.25) is 9.80 Å². The van der Waals surface area contributed by atoms with Gasteiger partial charge in [0, 0.05) is 38.3 Å². The second-order valence-corrected chi connectivity index (χ2v) is 5.16. The summed E-state index contributed by atoms with van der Waals surface area (Å²) in [6.07, 6.45) is 14.9. The Balaban J connectivity index is 2.65. The minimum Gasteiger partial charge on any atom is -0.290 e. The molecule has 0 radical (unpaired) electrons. The van der Waals surface area contributed by atoms with E-state index in [9.17, 15) is 0 Å². The summed E-state index contributed by atoms with van der Waals surface area (Å²) < 4.78 is 0. The zero-order chi connectivity index (χ0) is 14.8. The largest absolute Gasteiger partial charge is 0.290 e. The fourth-order valence-corrected chi connectivity index (χ4v) is 2.75. The minimum atomic E-state index is 0.497. The molecule has 0 aromatic rings. The molecule has 0 aliphatic heterocycles. The van der Waals surface area contributed by atoms with Crippen LogP contribution in [0.4, 0.5) is 0 Å². The van der Waals surface area contributed by atoms with E-state index >= 15 is 0 Å². The summed E-state index contributed by atoms with van der Waals surface area (Å²) in [5.41, 5.74) is 0. The molecule has 0 unspecified atom stereocenters. The molecule has 0 heterocycles. The van der Waals surface area contributed by atoms with Gasteiger partial charge in [-0.1, -0.05) is 36.5 Å². The smallest absolute Gasteiger partial charge is 0.0286 e. The molecule has 110 valence electrons. The Morgan fingerprint density at radius 1 is 0.700 bits per heavy atom.